The zero-order valence-electron chi connectivity index (χ0n) is 15.8. The van der Waals surface area contributed by atoms with Crippen LogP contribution in [0.5, 0.6) is 0 Å². The molecule has 0 saturated carbocycles. The predicted octanol–water partition coefficient (Wildman–Crippen LogP) is 1.74. The lowest BCUT2D eigenvalue weighted by molar-refractivity contribution is -0.142. The third-order valence-corrected chi connectivity index (χ3v) is 5.20. The molecular formula is C20H17BCl2N2O5. The number of nitrogens with zero attached hydrogens (tertiary/aromatic N) is 1. The first-order chi connectivity index (χ1) is 14.3. The van der Waals surface area contributed by atoms with E-state index in [0.29, 0.717) is 16.5 Å². The smallest absolute Gasteiger partial charge is 0.467 e. The van der Waals surface area contributed by atoms with Crippen molar-refractivity contribution in [3.05, 3.63) is 69.8 Å². The van der Waals surface area contributed by atoms with E-state index in [-0.39, 0.29) is 27.5 Å². The Morgan fingerprint density at radius 1 is 1.13 bits per heavy atom. The molecule has 0 aliphatic heterocycles. The molecule has 0 fully saturated rings. The summed E-state index contributed by atoms with van der Waals surface area (Å²) < 4.78 is 4.84. The topological polar surface area (TPSA) is 109 Å². The molecule has 0 spiro atoms. The summed E-state index contributed by atoms with van der Waals surface area (Å²) in [6.45, 7) is 0. The molecule has 3 rings (SSSR count). The molecule has 7 nitrogen and oxygen atoms in total. The lowest BCUT2D eigenvalue weighted by Gasteiger charge is -2.19. The second kappa shape index (κ2) is 9.44. The summed E-state index contributed by atoms with van der Waals surface area (Å²) in [5.74, 6) is -1.28. The van der Waals surface area contributed by atoms with Crippen LogP contribution in [0.3, 0.4) is 0 Å². The molecule has 1 heterocycles. The first-order valence-electron chi connectivity index (χ1n) is 8.88. The molecule has 2 aromatic carbocycles. The number of carbonyl (C=O) groups is 2. The second-order valence-electron chi connectivity index (χ2n) is 6.44. The van der Waals surface area contributed by atoms with Crippen molar-refractivity contribution in [3.8, 4) is 0 Å². The quantitative estimate of drug-likeness (QED) is 0.393. The molecule has 30 heavy (non-hydrogen) atoms. The lowest BCUT2D eigenvalue weighted by atomic mass is 9.77. The molecule has 0 aliphatic carbocycles. The summed E-state index contributed by atoms with van der Waals surface area (Å²) >= 11 is 12.2. The van der Waals surface area contributed by atoms with E-state index in [9.17, 15) is 19.6 Å². The number of fused-ring (bicyclic) bond motifs is 1. The summed E-state index contributed by atoms with van der Waals surface area (Å²) in [5.41, 5.74) is 1.33. The van der Waals surface area contributed by atoms with Gasteiger partial charge in [0.2, 0.25) is 0 Å². The van der Waals surface area contributed by atoms with Crippen molar-refractivity contribution in [2.45, 2.75) is 12.5 Å². The SMILES string of the molecule is COC(=O)C(Cc1ccc(B(O)O)c2ncccc12)NC(=O)c1c(Cl)cccc1Cl. The zero-order chi connectivity index (χ0) is 21.8. The summed E-state index contributed by atoms with van der Waals surface area (Å²) in [6.07, 6.45) is 1.60. The van der Waals surface area contributed by atoms with E-state index < -0.39 is 25.0 Å². The number of aromatic nitrogens is 1. The Morgan fingerprint density at radius 2 is 1.83 bits per heavy atom. The molecule has 3 aromatic rings. The van der Waals surface area contributed by atoms with E-state index in [4.69, 9.17) is 27.9 Å². The van der Waals surface area contributed by atoms with Crippen LogP contribution in [0.2, 0.25) is 10.0 Å². The number of hydrogen-bond acceptors (Lipinski definition) is 6. The number of carbonyl (C=O) groups excluding carboxylic acids is 2. The first kappa shape index (κ1) is 22.0. The highest BCUT2D eigenvalue weighted by Crippen LogP contribution is 2.24. The fraction of sp³-hybridized carbons (Fsp3) is 0.150. The van der Waals surface area contributed by atoms with Crippen molar-refractivity contribution in [1.82, 2.24) is 10.3 Å². The molecule has 1 aromatic heterocycles. The van der Waals surface area contributed by atoms with Gasteiger partial charge in [0.15, 0.2) is 0 Å². The van der Waals surface area contributed by atoms with Crippen molar-refractivity contribution in [1.29, 1.82) is 0 Å². The highest BCUT2D eigenvalue weighted by Gasteiger charge is 2.26. The Kier molecular flexibility index (Phi) is 6.94. The highest BCUT2D eigenvalue weighted by molar-refractivity contribution is 6.61. The Bertz CT molecular complexity index is 1090. The summed E-state index contributed by atoms with van der Waals surface area (Å²) in [6, 6.07) is 10.2. The van der Waals surface area contributed by atoms with Crippen LogP contribution in [0.4, 0.5) is 0 Å². The lowest BCUT2D eigenvalue weighted by Crippen LogP contribution is -2.43. The molecule has 0 saturated heterocycles. The summed E-state index contributed by atoms with van der Waals surface area (Å²) in [5, 5.41) is 22.7. The van der Waals surface area contributed by atoms with Gasteiger partial charge in [-0.15, -0.1) is 0 Å². The average molecular weight is 447 g/mol. The minimum Gasteiger partial charge on any atom is -0.467 e. The molecule has 0 radical (unpaired) electrons. The summed E-state index contributed by atoms with van der Waals surface area (Å²) in [7, 11) is -0.482. The molecule has 1 unspecified atom stereocenters. The van der Waals surface area contributed by atoms with Crippen molar-refractivity contribution >= 4 is 58.6 Å². The first-order valence-corrected chi connectivity index (χ1v) is 9.64. The largest absolute Gasteiger partial charge is 0.490 e. The van der Waals surface area contributed by atoms with Gasteiger partial charge in [0.25, 0.3) is 5.91 Å². The van der Waals surface area contributed by atoms with Gasteiger partial charge in [0.1, 0.15) is 6.04 Å². The Hall–Kier alpha value is -2.65. The maximum absolute atomic E-state index is 12.7. The number of nitrogens with one attached hydrogen (secondary N) is 1. The molecule has 1 atom stereocenters. The van der Waals surface area contributed by atoms with E-state index in [2.05, 4.69) is 10.3 Å². The van der Waals surface area contributed by atoms with Crippen LogP contribution in [0, 0.1) is 0 Å². The van der Waals surface area contributed by atoms with Gasteiger partial charge in [-0.3, -0.25) is 9.78 Å². The van der Waals surface area contributed by atoms with Gasteiger partial charge in [-0.1, -0.05) is 47.5 Å². The van der Waals surface area contributed by atoms with Crippen LogP contribution < -0.4 is 10.8 Å². The van der Waals surface area contributed by atoms with Gasteiger partial charge in [-0.2, -0.15) is 0 Å². The third kappa shape index (κ3) is 4.57. The monoisotopic (exact) mass is 446 g/mol. The molecule has 1 amide bonds. The molecule has 10 heteroatoms. The van der Waals surface area contributed by atoms with Crippen molar-refractivity contribution in [3.63, 3.8) is 0 Å². The Balaban J connectivity index is 1.96. The van der Waals surface area contributed by atoms with E-state index in [1.807, 2.05) is 0 Å². The van der Waals surface area contributed by atoms with Gasteiger partial charge in [0, 0.05) is 23.5 Å². The number of amides is 1. The fourth-order valence-corrected chi connectivity index (χ4v) is 3.71. The van der Waals surface area contributed by atoms with E-state index >= 15 is 0 Å². The van der Waals surface area contributed by atoms with E-state index in [1.165, 1.54) is 31.5 Å². The van der Waals surface area contributed by atoms with E-state index in [1.54, 1.807) is 24.3 Å². The number of rotatable bonds is 6. The second-order valence-corrected chi connectivity index (χ2v) is 7.25. The molecular weight excluding hydrogens is 430 g/mol. The number of benzene rings is 2. The van der Waals surface area contributed by atoms with Crippen LogP contribution in [0.15, 0.2) is 48.7 Å². The maximum atomic E-state index is 12.7. The molecule has 0 bridgehead atoms. The maximum Gasteiger partial charge on any atom is 0.490 e. The molecule has 0 aliphatic rings. The minimum absolute atomic E-state index is 0.0556. The number of methoxy groups -OCH3 is 1. The average Bonchev–Trinajstić information content (AvgIpc) is 2.72. The number of halogens is 2. The van der Waals surface area contributed by atoms with Gasteiger partial charge < -0.3 is 20.1 Å². The Morgan fingerprint density at radius 3 is 2.47 bits per heavy atom. The van der Waals surface area contributed by atoms with Crippen LogP contribution in [0.25, 0.3) is 10.9 Å². The molecule has 3 N–H and O–H groups in total. The number of pyridine rings is 1. The van der Waals surface area contributed by atoms with Crippen LogP contribution >= 0.6 is 23.2 Å². The normalized spacial score (nSPS) is 11.8. The highest BCUT2D eigenvalue weighted by atomic mass is 35.5. The van der Waals surface area contributed by atoms with E-state index in [0.717, 1.165) is 0 Å². The summed E-state index contributed by atoms with van der Waals surface area (Å²) in [4.78, 5) is 29.3. The van der Waals surface area contributed by atoms with Gasteiger partial charge in [-0.05, 0) is 23.8 Å². The molecule has 154 valence electrons. The van der Waals surface area contributed by atoms with Crippen molar-refractivity contribution < 1.29 is 24.4 Å². The van der Waals surface area contributed by atoms with Crippen LogP contribution in [-0.4, -0.2) is 47.2 Å². The number of ether oxygens (including phenoxy) is 1. The standard InChI is InChI=1S/C20H17BCl2N2O5/c1-30-20(27)16(25-19(26)17-14(22)5-2-6-15(17)23)10-11-7-8-13(21(28)29)18-12(11)4-3-9-24-18/h2-9,16,28-29H,10H2,1H3,(H,25,26). The van der Waals surface area contributed by atoms with Crippen LogP contribution in [-0.2, 0) is 16.0 Å². The zero-order valence-corrected chi connectivity index (χ0v) is 17.3. The predicted molar refractivity (Wildman–Crippen MR) is 115 cm³/mol. The fourth-order valence-electron chi connectivity index (χ4n) is 3.14. The van der Waals surface area contributed by atoms with Gasteiger partial charge in [0.05, 0.1) is 28.2 Å². The number of hydrogen-bond donors (Lipinski definition) is 3. The third-order valence-electron chi connectivity index (χ3n) is 4.57. The van der Waals surface area contributed by atoms with Gasteiger partial charge >= 0.3 is 13.1 Å². The van der Waals surface area contributed by atoms with Crippen molar-refractivity contribution in [2.75, 3.05) is 7.11 Å². The van der Waals surface area contributed by atoms with Gasteiger partial charge in [-0.25, -0.2) is 4.79 Å². The number of esters is 1. The van der Waals surface area contributed by atoms with Crippen LogP contribution in [0.1, 0.15) is 15.9 Å². The minimum atomic E-state index is -1.70. The van der Waals surface area contributed by atoms with Crippen molar-refractivity contribution in [2.24, 2.45) is 0 Å². The Labute approximate surface area is 182 Å².